The Morgan fingerprint density at radius 3 is 2.41 bits per heavy atom. The van der Waals surface area contributed by atoms with Crippen LogP contribution < -0.4 is 14.5 Å². The lowest BCUT2D eigenvalue weighted by atomic mass is 10.0. The molecule has 0 saturated carbocycles. The van der Waals surface area contributed by atoms with Gasteiger partial charge in [-0.3, -0.25) is 9.59 Å². The van der Waals surface area contributed by atoms with Gasteiger partial charge in [0.1, 0.15) is 11.4 Å². The molecule has 0 fully saturated rings. The molecule has 0 spiro atoms. The van der Waals surface area contributed by atoms with E-state index in [4.69, 9.17) is 4.74 Å². The molecule has 2 aliphatic rings. The van der Waals surface area contributed by atoms with Gasteiger partial charge in [-0.1, -0.05) is 49.4 Å². The summed E-state index contributed by atoms with van der Waals surface area (Å²) in [7, 11) is 0. The smallest absolute Gasteiger partial charge is 0.282 e. The molecule has 2 amide bonds. The second-order valence-corrected chi connectivity index (χ2v) is 8.86. The van der Waals surface area contributed by atoms with Crippen molar-refractivity contribution in [2.45, 2.75) is 33.6 Å². The van der Waals surface area contributed by atoms with Gasteiger partial charge in [0.25, 0.3) is 11.8 Å². The van der Waals surface area contributed by atoms with Gasteiger partial charge in [-0.05, 0) is 73.2 Å². The van der Waals surface area contributed by atoms with Crippen LogP contribution in [0.15, 0.2) is 72.4 Å². The third-order valence-corrected chi connectivity index (χ3v) is 6.44. The molecule has 0 atom stereocenters. The van der Waals surface area contributed by atoms with Crippen LogP contribution in [0.5, 0.6) is 5.75 Å². The summed E-state index contributed by atoms with van der Waals surface area (Å²) in [5, 5.41) is 0. The van der Waals surface area contributed by atoms with E-state index in [0.29, 0.717) is 30.1 Å². The quantitative estimate of drug-likeness (QED) is 0.468. The SMILES string of the molecule is CCCOc1ccc(C2=C(N3CCc4ccccc43)C(=O)N(c3cc(C)ccc3C)C2=O)cc1. The first-order chi connectivity index (χ1) is 16.5. The molecule has 2 heterocycles. The number of rotatable bonds is 6. The number of fused-ring (bicyclic) bond motifs is 1. The van der Waals surface area contributed by atoms with Crippen LogP contribution in [0.4, 0.5) is 11.4 Å². The van der Waals surface area contributed by atoms with Gasteiger partial charge in [0.2, 0.25) is 0 Å². The van der Waals surface area contributed by atoms with Crippen molar-refractivity contribution in [3.63, 3.8) is 0 Å². The lowest BCUT2D eigenvalue weighted by Crippen LogP contribution is -2.35. The number of para-hydroxylation sites is 1. The van der Waals surface area contributed by atoms with Crippen molar-refractivity contribution >= 4 is 28.8 Å². The van der Waals surface area contributed by atoms with Gasteiger partial charge in [-0.25, -0.2) is 4.90 Å². The lowest BCUT2D eigenvalue weighted by Gasteiger charge is -2.22. The standard InChI is InChI=1S/C29H28N2O3/c1-4-17-34-23-13-11-22(12-14-23)26-27(30-16-15-21-7-5-6-8-24(21)30)29(33)31(28(26)32)25-18-19(2)9-10-20(25)3/h5-14,18H,4,15-17H2,1-3H3. The third-order valence-electron chi connectivity index (χ3n) is 6.44. The van der Waals surface area contributed by atoms with Crippen LogP contribution in [0, 0.1) is 13.8 Å². The molecule has 0 aliphatic carbocycles. The minimum atomic E-state index is -0.291. The topological polar surface area (TPSA) is 49.9 Å². The number of hydrogen-bond acceptors (Lipinski definition) is 4. The molecule has 34 heavy (non-hydrogen) atoms. The van der Waals surface area contributed by atoms with E-state index >= 15 is 0 Å². The summed E-state index contributed by atoms with van der Waals surface area (Å²) < 4.78 is 5.72. The molecule has 5 rings (SSSR count). The minimum Gasteiger partial charge on any atom is -0.494 e. The van der Waals surface area contributed by atoms with E-state index in [9.17, 15) is 9.59 Å². The first kappa shape index (κ1) is 22.0. The first-order valence-corrected chi connectivity index (χ1v) is 11.8. The van der Waals surface area contributed by atoms with Gasteiger partial charge in [-0.15, -0.1) is 0 Å². The predicted molar refractivity (Wildman–Crippen MR) is 135 cm³/mol. The molecule has 0 N–H and O–H groups in total. The number of hydrogen-bond donors (Lipinski definition) is 0. The molecule has 5 heteroatoms. The molecular weight excluding hydrogens is 424 g/mol. The highest BCUT2D eigenvalue weighted by Gasteiger charge is 2.44. The first-order valence-electron chi connectivity index (χ1n) is 11.8. The Kier molecular flexibility index (Phi) is 5.70. The van der Waals surface area contributed by atoms with Gasteiger partial charge in [-0.2, -0.15) is 0 Å². The van der Waals surface area contributed by atoms with E-state index < -0.39 is 0 Å². The van der Waals surface area contributed by atoms with Crippen molar-refractivity contribution in [1.82, 2.24) is 0 Å². The van der Waals surface area contributed by atoms with E-state index in [1.54, 1.807) is 0 Å². The molecule has 3 aromatic rings. The van der Waals surface area contributed by atoms with Crippen molar-refractivity contribution in [2.75, 3.05) is 23.0 Å². The van der Waals surface area contributed by atoms with E-state index in [-0.39, 0.29) is 11.8 Å². The van der Waals surface area contributed by atoms with Gasteiger partial charge in [0.05, 0.1) is 17.9 Å². The van der Waals surface area contributed by atoms with Gasteiger partial charge in [0.15, 0.2) is 0 Å². The summed E-state index contributed by atoms with van der Waals surface area (Å²) in [6.45, 7) is 7.25. The minimum absolute atomic E-state index is 0.281. The number of nitrogens with zero attached hydrogens (tertiary/aromatic N) is 2. The van der Waals surface area contributed by atoms with E-state index in [1.807, 2.05) is 79.4 Å². The summed E-state index contributed by atoms with van der Waals surface area (Å²) in [5.41, 5.74) is 6.29. The Labute approximate surface area is 200 Å². The molecule has 0 bridgehead atoms. The van der Waals surface area contributed by atoms with Crippen molar-refractivity contribution in [2.24, 2.45) is 0 Å². The second-order valence-electron chi connectivity index (χ2n) is 8.86. The Morgan fingerprint density at radius 1 is 0.882 bits per heavy atom. The van der Waals surface area contributed by atoms with Crippen LogP contribution in [-0.2, 0) is 16.0 Å². The highest BCUT2D eigenvalue weighted by Crippen LogP contribution is 2.41. The Balaban J connectivity index is 1.64. The molecule has 0 radical (unpaired) electrons. The molecule has 0 aromatic heterocycles. The number of carbonyl (C=O) groups is 2. The summed E-state index contributed by atoms with van der Waals surface area (Å²) in [4.78, 5) is 31.2. The highest BCUT2D eigenvalue weighted by atomic mass is 16.5. The maximum absolute atomic E-state index is 13.9. The molecule has 0 saturated heterocycles. The van der Waals surface area contributed by atoms with Crippen LogP contribution in [0.1, 0.15) is 35.6 Å². The summed E-state index contributed by atoms with van der Waals surface area (Å²) >= 11 is 0. The average molecular weight is 453 g/mol. The molecule has 0 unspecified atom stereocenters. The van der Waals surface area contributed by atoms with Gasteiger partial charge >= 0.3 is 0 Å². The Morgan fingerprint density at radius 2 is 1.65 bits per heavy atom. The number of anilines is 2. The number of benzene rings is 3. The molecule has 5 nitrogen and oxygen atoms in total. The molecular formula is C29H28N2O3. The van der Waals surface area contributed by atoms with Crippen LogP contribution in [-0.4, -0.2) is 25.0 Å². The van der Waals surface area contributed by atoms with Crippen LogP contribution >= 0.6 is 0 Å². The monoisotopic (exact) mass is 452 g/mol. The van der Waals surface area contributed by atoms with E-state index in [1.165, 1.54) is 10.5 Å². The number of amides is 2. The van der Waals surface area contributed by atoms with E-state index in [2.05, 4.69) is 13.0 Å². The average Bonchev–Trinajstić information content (AvgIpc) is 3.37. The van der Waals surface area contributed by atoms with Gasteiger partial charge in [0, 0.05) is 12.2 Å². The van der Waals surface area contributed by atoms with Crippen molar-refractivity contribution in [1.29, 1.82) is 0 Å². The van der Waals surface area contributed by atoms with Crippen molar-refractivity contribution in [3.8, 4) is 5.75 Å². The lowest BCUT2D eigenvalue weighted by molar-refractivity contribution is -0.120. The number of imide groups is 1. The Bertz CT molecular complexity index is 1310. The van der Waals surface area contributed by atoms with Crippen LogP contribution in [0.2, 0.25) is 0 Å². The third kappa shape index (κ3) is 3.67. The normalized spacial score (nSPS) is 15.4. The summed E-state index contributed by atoms with van der Waals surface area (Å²) in [6.07, 6.45) is 1.75. The zero-order valence-corrected chi connectivity index (χ0v) is 19.8. The Hall–Kier alpha value is -3.86. The fourth-order valence-electron chi connectivity index (χ4n) is 4.72. The zero-order chi connectivity index (χ0) is 23.8. The highest BCUT2D eigenvalue weighted by molar-refractivity contribution is 6.46. The largest absolute Gasteiger partial charge is 0.494 e. The van der Waals surface area contributed by atoms with Crippen LogP contribution in [0.3, 0.4) is 0 Å². The van der Waals surface area contributed by atoms with Crippen molar-refractivity contribution < 1.29 is 14.3 Å². The fraction of sp³-hybridized carbons (Fsp3) is 0.241. The number of carbonyl (C=O) groups excluding carboxylic acids is 2. The fourth-order valence-corrected chi connectivity index (χ4v) is 4.72. The molecule has 3 aromatic carbocycles. The maximum Gasteiger partial charge on any atom is 0.282 e. The molecule has 2 aliphatic heterocycles. The zero-order valence-electron chi connectivity index (χ0n) is 19.8. The molecule has 172 valence electrons. The van der Waals surface area contributed by atoms with Gasteiger partial charge < -0.3 is 9.64 Å². The number of ether oxygens (including phenoxy) is 1. The predicted octanol–water partition coefficient (Wildman–Crippen LogP) is 5.44. The maximum atomic E-state index is 13.9. The number of aryl methyl sites for hydroxylation is 2. The summed E-state index contributed by atoms with van der Waals surface area (Å²) in [6, 6.07) is 21.4. The summed E-state index contributed by atoms with van der Waals surface area (Å²) in [5.74, 6) is 0.180. The van der Waals surface area contributed by atoms with Crippen LogP contribution in [0.25, 0.3) is 5.57 Å². The van der Waals surface area contributed by atoms with E-state index in [0.717, 1.165) is 41.0 Å². The van der Waals surface area contributed by atoms with Crippen molar-refractivity contribution in [3.05, 3.63) is 94.7 Å². The second kappa shape index (κ2) is 8.82.